The van der Waals surface area contributed by atoms with Crippen molar-refractivity contribution in [2.24, 2.45) is 4.99 Å². The van der Waals surface area contributed by atoms with Crippen molar-refractivity contribution in [2.75, 3.05) is 6.54 Å². The first-order chi connectivity index (χ1) is 13.5. The monoisotopic (exact) mass is 525 g/mol. The third-order valence-electron chi connectivity index (χ3n) is 4.16. The normalized spacial score (nSPS) is 11.4. The highest BCUT2D eigenvalue weighted by atomic mass is 127. The summed E-state index contributed by atoms with van der Waals surface area (Å²) < 4.78 is 5.61. The summed E-state index contributed by atoms with van der Waals surface area (Å²) in [6.45, 7) is 10.3. The number of nitrogens with one attached hydrogen (secondary N) is 2. The molecule has 0 radical (unpaired) electrons. The molecule has 0 aliphatic carbocycles. The predicted octanol–water partition coefficient (Wildman–Crippen LogP) is 5.10. The van der Waals surface area contributed by atoms with Crippen molar-refractivity contribution in [3.8, 4) is 11.5 Å². The minimum absolute atomic E-state index is 0. The molecule has 3 rings (SSSR count). The second-order valence-electron chi connectivity index (χ2n) is 6.88. The summed E-state index contributed by atoms with van der Waals surface area (Å²) in [6.07, 6.45) is 1.66. The van der Waals surface area contributed by atoms with E-state index in [0.717, 1.165) is 34.5 Å². The van der Waals surface area contributed by atoms with Crippen molar-refractivity contribution in [3.63, 3.8) is 0 Å². The molecule has 0 saturated carbocycles. The highest BCUT2D eigenvalue weighted by Crippen LogP contribution is 2.19. The lowest BCUT2D eigenvalue weighted by atomic mass is 10.1. The van der Waals surface area contributed by atoms with Gasteiger partial charge >= 0.3 is 0 Å². The number of halogens is 1. The fourth-order valence-electron chi connectivity index (χ4n) is 2.54. The molecule has 6 nitrogen and oxygen atoms in total. The maximum absolute atomic E-state index is 5.61. The van der Waals surface area contributed by atoms with Gasteiger partial charge in [0.25, 0.3) is 0 Å². The van der Waals surface area contributed by atoms with Crippen LogP contribution in [0.15, 0.2) is 45.3 Å². The van der Waals surface area contributed by atoms with Gasteiger partial charge in [-0.05, 0) is 31.9 Å². The maximum Gasteiger partial charge on any atom is 0.226 e. The van der Waals surface area contributed by atoms with Crippen LogP contribution in [0.1, 0.15) is 48.6 Å². The number of benzene rings is 1. The van der Waals surface area contributed by atoms with Gasteiger partial charge in [-0.2, -0.15) is 0 Å². The van der Waals surface area contributed by atoms with E-state index in [2.05, 4.69) is 51.7 Å². The Morgan fingerprint density at radius 1 is 1.17 bits per heavy atom. The summed E-state index contributed by atoms with van der Waals surface area (Å²) >= 11 is 1.67. The third kappa shape index (κ3) is 6.81. The zero-order valence-corrected chi connectivity index (χ0v) is 20.4. The van der Waals surface area contributed by atoms with Gasteiger partial charge in [-0.3, -0.25) is 0 Å². The summed E-state index contributed by atoms with van der Waals surface area (Å²) in [4.78, 5) is 13.8. The summed E-state index contributed by atoms with van der Waals surface area (Å²) in [5.41, 5.74) is 4.11. The number of nitrogens with zero attached hydrogens (tertiary/aromatic N) is 3. The quantitative estimate of drug-likeness (QED) is 0.255. The molecular weight excluding hydrogens is 497 g/mol. The van der Waals surface area contributed by atoms with E-state index in [4.69, 9.17) is 4.42 Å². The average Bonchev–Trinajstić information content (AvgIpc) is 3.34. The Morgan fingerprint density at radius 2 is 1.93 bits per heavy atom. The lowest BCUT2D eigenvalue weighted by Crippen LogP contribution is -2.36. The summed E-state index contributed by atoms with van der Waals surface area (Å²) in [5, 5.41) is 9.76. The topological polar surface area (TPSA) is 75.3 Å². The molecule has 1 aromatic carbocycles. The molecule has 2 aromatic heterocycles. The number of rotatable bonds is 7. The Labute approximate surface area is 193 Å². The third-order valence-corrected chi connectivity index (χ3v) is 5.03. The molecule has 3 aromatic rings. The predicted molar refractivity (Wildman–Crippen MR) is 130 cm³/mol. The molecule has 0 bridgehead atoms. The highest BCUT2D eigenvalue weighted by Gasteiger charge is 2.08. The van der Waals surface area contributed by atoms with Crippen molar-refractivity contribution in [2.45, 2.75) is 46.7 Å². The van der Waals surface area contributed by atoms with Crippen LogP contribution in [0.3, 0.4) is 0 Å². The van der Waals surface area contributed by atoms with Gasteiger partial charge in [-0.15, -0.1) is 35.3 Å². The van der Waals surface area contributed by atoms with Crippen LogP contribution < -0.4 is 10.6 Å². The van der Waals surface area contributed by atoms with Crippen molar-refractivity contribution >= 4 is 41.3 Å². The van der Waals surface area contributed by atoms with E-state index in [-0.39, 0.29) is 24.0 Å². The second kappa shape index (κ2) is 11.3. The van der Waals surface area contributed by atoms with E-state index in [1.54, 1.807) is 17.6 Å². The highest BCUT2D eigenvalue weighted by molar-refractivity contribution is 14.0. The van der Waals surface area contributed by atoms with Crippen LogP contribution in [-0.4, -0.2) is 22.5 Å². The van der Waals surface area contributed by atoms with E-state index in [1.807, 2.05) is 31.2 Å². The van der Waals surface area contributed by atoms with Gasteiger partial charge in [0.15, 0.2) is 5.96 Å². The van der Waals surface area contributed by atoms with E-state index >= 15 is 0 Å². The van der Waals surface area contributed by atoms with Gasteiger partial charge in [-0.25, -0.2) is 15.0 Å². The molecule has 0 aliphatic rings. The molecule has 156 valence electrons. The SMILES string of the molecule is CCNC(=NCc1coc(-c2ccc(C)cc2)n1)NCc1nc(C(C)C)cs1.I. The molecule has 0 amide bonds. The zero-order chi connectivity index (χ0) is 19.9. The van der Waals surface area contributed by atoms with E-state index < -0.39 is 0 Å². The minimum atomic E-state index is 0. The van der Waals surface area contributed by atoms with E-state index in [9.17, 15) is 0 Å². The zero-order valence-electron chi connectivity index (χ0n) is 17.2. The van der Waals surface area contributed by atoms with Gasteiger partial charge in [0.05, 0.1) is 18.8 Å². The van der Waals surface area contributed by atoms with E-state index in [0.29, 0.717) is 24.9 Å². The van der Waals surface area contributed by atoms with Crippen molar-refractivity contribution in [1.29, 1.82) is 0 Å². The van der Waals surface area contributed by atoms with Gasteiger partial charge in [0.2, 0.25) is 5.89 Å². The standard InChI is InChI=1S/C21H27N5OS.HI/c1-5-22-21(24-11-19-26-18(13-28-19)14(2)3)23-10-17-12-27-20(25-17)16-8-6-15(4)7-9-16;/h6-9,12-14H,5,10-11H2,1-4H3,(H2,22,23,24);1H. The Morgan fingerprint density at radius 3 is 2.59 bits per heavy atom. The largest absolute Gasteiger partial charge is 0.444 e. The van der Waals surface area contributed by atoms with Crippen LogP contribution >= 0.6 is 35.3 Å². The van der Waals surface area contributed by atoms with Crippen molar-refractivity contribution < 1.29 is 4.42 Å². The minimum Gasteiger partial charge on any atom is -0.444 e. The lowest BCUT2D eigenvalue weighted by molar-refractivity contribution is 0.572. The molecule has 29 heavy (non-hydrogen) atoms. The number of hydrogen-bond acceptors (Lipinski definition) is 5. The molecule has 0 unspecified atom stereocenters. The Hall–Kier alpha value is -1.94. The fourth-order valence-corrected chi connectivity index (χ4v) is 3.44. The summed E-state index contributed by atoms with van der Waals surface area (Å²) in [5.74, 6) is 1.80. The van der Waals surface area contributed by atoms with Gasteiger partial charge in [-0.1, -0.05) is 31.5 Å². The van der Waals surface area contributed by atoms with Crippen LogP contribution in [-0.2, 0) is 13.1 Å². The van der Waals surface area contributed by atoms with Crippen LogP contribution in [0.25, 0.3) is 11.5 Å². The smallest absolute Gasteiger partial charge is 0.226 e. The number of aromatic nitrogens is 2. The van der Waals surface area contributed by atoms with Gasteiger partial charge in [0, 0.05) is 17.5 Å². The fraction of sp³-hybridized carbons (Fsp3) is 0.381. The lowest BCUT2D eigenvalue weighted by Gasteiger charge is -2.09. The average molecular weight is 525 g/mol. The van der Waals surface area contributed by atoms with Gasteiger partial charge < -0.3 is 15.1 Å². The molecule has 0 saturated heterocycles. The summed E-state index contributed by atoms with van der Waals surface area (Å²) in [7, 11) is 0. The maximum atomic E-state index is 5.61. The first kappa shape index (κ1) is 23.3. The molecule has 8 heteroatoms. The van der Waals surface area contributed by atoms with Crippen LogP contribution in [0.2, 0.25) is 0 Å². The number of oxazole rings is 1. The number of thiazole rings is 1. The molecule has 0 atom stereocenters. The number of aliphatic imine (C=N–C) groups is 1. The molecule has 0 fully saturated rings. The van der Waals surface area contributed by atoms with Crippen LogP contribution in [0, 0.1) is 6.92 Å². The number of guanidine groups is 1. The molecular formula is C21H28IN5OS. The number of aryl methyl sites for hydroxylation is 1. The Balaban J connectivity index is 0.00000300. The summed E-state index contributed by atoms with van der Waals surface area (Å²) in [6, 6.07) is 8.13. The van der Waals surface area contributed by atoms with E-state index in [1.165, 1.54) is 5.56 Å². The second-order valence-corrected chi connectivity index (χ2v) is 7.82. The molecule has 0 aliphatic heterocycles. The first-order valence-electron chi connectivity index (χ1n) is 9.53. The van der Waals surface area contributed by atoms with Crippen molar-refractivity contribution in [1.82, 2.24) is 20.6 Å². The van der Waals surface area contributed by atoms with Crippen LogP contribution in [0.4, 0.5) is 0 Å². The van der Waals surface area contributed by atoms with Crippen molar-refractivity contribution in [3.05, 3.63) is 57.9 Å². The molecule has 2 heterocycles. The Bertz CT molecular complexity index is 917. The Kier molecular flexibility index (Phi) is 9.09. The molecule has 2 N–H and O–H groups in total. The number of hydrogen-bond donors (Lipinski definition) is 2. The molecule has 0 spiro atoms. The first-order valence-corrected chi connectivity index (χ1v) is 10.4. The van der Waals surface area contributed by atoms with Crippen LogP contribution in [0.5, 0.6) is 0 Å². The van der Waals surface area contributed by atoms with Gasteiger partial charge in [0.1, 0.15) is 17.0 Å².